The van der Waals surface area contributed by atoms with Crippen LogP contribution in [0.25, 0.3) is 11.4 Å². The molecule has 0 aliphatic carbocycles. The van der Waals surface area contributed by atoms with Crippen LogP contribution in [-0.2, 0) is 0 Å². The summed E-state index contributed by atoms with van der Waals surface area (Å²) in [6.45, 7) is 5.77. The second-order valence-corrected chi connectivity index (χ2v) is 3.56. The Morgan fingerprint density at radius 2 is 1.73 bits per heavy atom. The van der Waals surface area contributed by atoms with Crippen LogP contribution in [0.15, 0.2) is 33.3 Å². The Bertz CT molecular complexity index is 409. The Balaban J connectivity index is 0.000000531. The highest BCUT2D eigenvalue weighted by atomic mass is 79.9. The van der Waals surface area contributed by atoms with Gasteiger partial charge in [-0.25, -0.2) is 0 Å². The van der Waals surface area contributed by atoms with Crippen LogP contribution in [0.1, 0.15) is 19.7 Å². The quantitative estimate of drug-likeness (QED) is 0.789. The lowest BCUT2D eigenvalue weighted by Gasteiger charge is -1.92. The van der Waals surface area contributed by atoms with E-state index in [9.17, 15) is 0 Å². The summed E-state index contributed by atoms with van der Waals surface area (Å²) >= 11 is 3.36. The fourth-order valence-corrected chi connectivity index (χ4v) is 1.28. The van der Waals surface area contributed by atoms with E-state index in [2.05, 4.69) is 26.1 Å². The minimum atomic E-state index is 0.581. The molecule has 1 heterocycles. The summed E-state index contributed by atoms with van der Waals surface area (Å²) in [5.74, 6) is 1.21. The SMILES string of the molecule is CC.Cc1nc(-c2ccc(Br)cc2)no1. The third-order valence-electron chi connectivity index (χ3n) is 1.63. The van der Waals surface area contributed by atoms with Gasteiger partial charge in [-0.2, -0.15) is 4.98 Å². The summed E-state index contributed by atoms with van der Waals surface area (Å²) < 4.78 is 5.91. The standard InChI is InChI=1S/C9H7BrN2O.C2H6/c1-6-11-9(12-13-6)7-2-4-8(10)5-3-7;1-2/h2-5H,1H3;1-2H3. The average molecular weight is 269 g/mol. The molecule has 1 aromatic heterocycles. The summed E-state index contributed by atoms with van der Waals surface area (Å²) in [7, 11) is 0. The van der Waals surface area contributed by atoms with Crippen molar-refractivity contribution in [2.75, 3.05) is 0 Å². The van der Waals surface area contributed by atoms with Gasteiger partial charge in [0.05, 0.1) is 0 Å². The molecule has 0 saturated heterocycles. The number of rotatable bonds is 1. The maximum absolute atomic E-state index is 4.88. The van der Waals surface area contributed by atoms with Crippen molar-refractivity contribution in [3.05, 3.63) is 34.6 Å². The molecule has 0 N–H and O–H groups in total. The number of aromatic nitrogens is 2. The first-order chi connectivity index (χ1) is 7.25. The van der Waals surface area contributed by atoms with Crippen LogP contribution in [0.2, 0.25) is 0 Å². The molecular weight excluding hydrogens is 256 g/mol. The Hall–Kier alpha value is -1.16. The molecule has 2 rings (SSSR count). The van der Waals surface area contributed by atoms with Gasteiger partial charge in [0.2, 0.25) is 11.7 Å². The fraction of sp³-hybridized carbons (Fsp3) is 0.273. The normalized spacial score (nSPS) is 9.33. The van der Waals surface area contributed by atoms with E-state index >= 15 is 0 Å². The van der Waals surface area contributed by atoms with Crippen molar-refractivity contribution in [3.63, 3.8) is 0 Å². The highest BCUT2D eigenvalue weighted by Gasteiger charge is 2.03. The summed E-state index contributed by atoms with van der Waals surface area (Å²) in [4.78, 5) is 4.12. The average Bonchev–Trinajstić information content (AvgIpc) is 2.69. The molecule has 0 bridgehead atoms. The van der Waals surface area contributed by atoms with Crippen LogP contribution in [0.5, 0.6) is 0 Å². The summed E-state index contributed by atoms with van der Waals surface area (Å²) in [5.41, 5.74) is 0.958. The third-order valence-corrected chi connectivity index (χ3v) is 2.16. The zero-order valence-electron chi connectivity index (χ0n) is 8.99. The molecule has 0 aliphatic rings. The molecule has 2 aromatic rings. The van der Waals surface area contributed by atoms with E-state index in [4.69, 9.17) is 4.52 Å². The maximum atomic E-state index is 4.88. The smallest absolute Gasteiger partial charge is 0.223 e. The third kappa shape index (κ3) is 3.16. The Morgan fingerprint density at radius 1 is 1.13 bits per heavy atom. The van der Waals surface area contributed by atoms with Crippen LogP contribution in [0, 0.1) is 6.92 Å². The molecule has 0 aliphatic heterocycles. The van der Waals surface area contributed by atoms with Gasteiger partial charge in [-0.3, -0.25) is 0 Å². The summed E-state index contributed by atoms with van der Waals surface area (Å²) in [6.07, 6.45) is 0. The van der Waals surface area contributed by atoms with E-state index in [1.807, 2.05) is 38.1 Å². The second-order valence-electron chi connectivity index (χ2n) is 2.64. The minimum Gasteiger partial charge on any atom is -0.339 e. The number of aryl methyl sites for hydroxylation is 1. The van der Waals surface area contributed by atoms with Gasteiger partial charge in [0.15, 0.2) is 0 Å². The van der Waals surface area contributed by atoms with Gasteiger partial charge in [-0.15, -0.1) is 0 Å². The molecule has 15 heavy (non-hydrogen) atoms. The first kappa shape index (κ1) is 11.9. The van der Waals surface area contributed by atoms with Crippen molar-refractivity contribution in [1.29, 1.82) is 0 Å². The molecule has 3 nitrogen and oxygen atoms in total. The lowest BCUT2D eigenvalue weighted by molar-refractivity contribution is 0.394. The fourth-order valence-electron chi connectivity index (χ4n) is 1.02. The van der Waals surface area contributed by atoms with E-state index < -0.39 is 0 Å². The van der Waals surface area contributed by atoms with Gasteiger partial charge in [0, 0.05) is 17.0 Å². The largest absolute Gasteiger partial charge is 0.339 e. The topological polar surface area (TPSA) is 38.9 Å². The van der Waals surface area contributed by atoms with Crippen LogP contribution >= 0.6 is 15.9 Å². The zero-order chi connectivity index (χ0) is 11.3. The highest BCUT2D eigenvalue weighted by molar-refractivity contribution is 9.10. The molecule has 0 unspecified atom stereocenters. The lowest BCUT2D eigenvalue weighted by atomic mass is 10.2. The van der Waals surface area contributed by atoms with E-state index in [1.165, 1.54) is 0 Å². The van der Waals surface area contributed by atoms with Gasteiger partial charge < -0.3 is 4.52 Å². The van der Waals surface area contributed by atoms with Crippen LogP contribution in [-0.4, -0.2) is 10.1 Å². The van der Waals surface area contributed by atoms with Crippen molar-refractivity contribution in [2.45, 2.75) is 20.8 Å². The minimum absolute atomic E-state index is 0.581. The zero-order valence-corrected chi connectivity index (χ0v) is 10.6. The van der Waals surface area contributed by atoms with Gasteiger partial charge in [-0.05, 0) is 24.3 Å². The molecule has 1 aromatic carbocycles. The van der Waals surface area contributed by atoms with Crippen molar-refractivity contribution in [3.8, 4) is 11.4 Å². The predicted octanol–water partition coefficient (Wildman–Crippen LogP) is 3.83. The second kappa shape index (κ2) is 5.66. The van der Waals surface area contributed by atoms with Crippen molar-refractivity contribution in [1.82, 2.24) is 10.1 Å². The van der Waals surface area contributed by atoms with Gasteiger partial charge in [0.1, 0.15) is 0 Å². The molecule has 0 amide bonds. The number of halogens is 1. The molecule has 0 spiro atoms. The lowest BCUT2D eigenvalue weighted by Crippen LogP contribution is -1.79. The Morgan fingerprint density at radius 3 is 2.20 bits per heavy atom. The van der Waals surface area contributed by atoms with E-state index in [0.29, 0.717) is 11.7 Å². The molecular formula is C11H13BrN2O. The van der Waals surface area contributed by atoms with Crippen LogP contribution < -0.4 is 0 Å². The predicted molar refractivity (Wildman–Crippen MR) is 63.5 cm³/mol. The van der Waals surface area contributed by atoms with Crippen molar-refractivity contribution < 1.29 is 4.52 Å². The van der Waals surface area contributed by atoms with E-state index in [1.54, 1.807) is 6.92 Å². The van der Waals surface area contributed by atoms with E-state index in [-0.39, 0.29) is 0 Å². The summed E-state index contributed by atoms with van der Waals surface area (Å²) in [5, 5.41) is 3.81. The molecule has 80 valence electrons. The van der Waals surface area contributed by atoms with Crippen LogP contribution in [0.3, 0.4) is 0 Å². The molecule has 0 fully saturated rings. The first-order valence-corrected chi connectivity index (χ1v) is 5.61. The van der Waals surface area contributed by atoms with Crippen molar-refractivity contribution >= 4 is 15.9 Å². The number of nitrogens with zero attached hydrogens (tertiary/aromatic N) is 2. The Kier molecular flexibility index (Phi) is 4.49. The number of hydrogen-bond donors (Lipinski definition) is 0. The number of hydrogen-bond acceptors (Lipinski definition) is 3. The monoisotopic (exact) mass is 268 g/mol. The molecule has 0 saturated carbocycles. The molecule has 0 radical (unpaired) electrons. The molecule has 0 atom stereocenters. The first-order valence-electron chi connectivity index (χ1n) is 4.82. The summed E-state index contributed by atoms with van der Waals surface area (Å²) in [6, 6.07) is 7.77. The van der Waals surface area contributed by atoms with E-state index in [0.717, 1.165) is 10.0 Å². The maximum Gasteiger partial charge on any atom is 0.223 e. The van der Waals surface area contributed by atoms with Gasteiger partial charge >= 0.3 is 0 Å². The van der Waals surface area contributed by atoms with Gasteiger partial charge in [0.25, 0.3) is 0 Å². The Labute approximate surface area is 97.6 Å². The van der Waals surface area contributed by atoms with Crippen molar-refractivity contribution in [2.24, 2.45) is 0 Å². The van der Waals surface area contributed by atoms with Crippen LogP contribution in [0.4, 0.5) is 0 Å². The van der Waals surface area contributed by atoms with Gasteiger partial charge in [-0.1, -0.05) is 34.9 Å². The highest BCUT2D eigenvalue weighted by Crippen LogP contribution is 2.18. The number of benzene rings is 1. The molecule has 4 heteroatoms.